The van der Waals surface area contributed by atoms with E-state index in [1.54, 1.807) is 0 Å². The Balaban J connectivity index is 2.21. The Morgan fingerprint density at radius 2 is 2.12 bits per heavy atom. The van der Waals surface area contributed by atoms with Crippen molar-refractivity contribution in [3.63, 3.8) is 0 Å². The summed E-state index contributed by atoms with van der Waals surface area (Å²) < 4.78 is 0. The predicted molar refractivity (Wildman–Crippen MR) is 60.6 cm³/mol. The van der Waals surface area contributed by atoms with E-state index >= 15 is 0 Å². The zero-order chi connectivity index (χ0) is 12.0. The third-order valence-corrected chi connectivity index (χ3v) is 3.10. The van der Waals surface area contributed by atoms with Crippen molar-refractivity contribution in [1.29, 1.82) is 0 Å². The highest BCUT2D eigenvalue weighted by molar-refractivity contribution is 7.99. The molecule has 0 aromatic rings. The van der Waals surface area contributed by atoms with Gasteiger partial charge in [-0.2, -0.15) is 11.8 Å². The molecular formula is C9H16N2O4S. The van der Waals surface area contributed by atoms with Gasteiger partial charge in [-0.1, -0.05) is 0 Å². The second-order valence-electron chi connectivity index (χ2n) is 3.80. The molecule has 0 spiro atoms. The fourth-order valence-corrected chi connectivity index (χ4v) is 2.18. The number of thioether (sulfide) groups is 1. The average molecular weight is 248 g/mol. The molecule has 0 aliphatic heterocycles. The van der Waals surface area contributed by atoms with E-state index in [0.717, 1.165) is 12.8 Å². The molecule has 0 aromatic carbocycles. The highest BCUT2D eigenvalue weighted by Crippen LogP contribution is 2.21. The van der Waals surface area contributed by atoms with Gasteiger partial charge in [-0.15, -0.1) is 10.1 Å². The first-order valence-corrected chi connectivity index (χ1v) is 6.60. The van der Waals surface area contributed by atoms with Crippen LogP contribution in [0.3, 0.4) is 0 Å². The van der Waals surface area contributed by atoms with Gasteiger partial charge in [0.1, 0.15) is 6.10 Å². The lowest BCUT2D eigenvalue weighted by Crippen LogP contribution is -2.40. The number of carbonyl (C=O) groups excluding carboxylic acids is 1. The van der Waals surface area contributed by atoms with Crippen LogP contribution >= 0.6 is 11.8 Å². The Hall–Kier alpha value is -0.980. The van der Waals surface area contributed by atoms with Crippen LogP contribution in [-0.4, -0.2) is 35.1 Å². The molecule has 0 atom stereocenters. The fraction of sp³-hybridized carbons (Fsp3) is 0.889. The number of carbonyl (C=O) groups is 1. The molecule has 1 amide bonds. The number of nitrogens with zero attached hydrogens (tertiary/aromatic N) is 1. The summed E-state index contributed by atoms with van der Waals surface area (Å²) in [7, 11) is 0. The first-order chi connectivity index (χ1) is 7.61. The van der Waals surface area contributed by atoms with E-state index in [1.807, 2.05) is 6.26 Å². The van der Waals surface area contributed by atoms with Crippen LogP contribution in [0.1, 0.15) is 25.7 Å². The molecule has 1 N–H and O–H groups in total. The Bertz CT molecular complexity index is 254. The zero-order valence-electron chi connectivity index (χ0n) is 9.18. The molecule has 0 unspecified atom stereocenters. The molecule has 1 aliphatic carbocycles. The lowest BCUT2D eigenvalue weighted by Gasteiger charge is -2.27. The third kappa shape index (κ3) is 4.69. The molecule has 7 heteroatoms. The standard InChI is InChI=1S/C9H16N2O4S/c1-16-6-9(12)10-7-2-4-8(5-3-7)15-11(13)14/h7-8H,2-6H2,1H3,(H,10,12). The number of amides is 1. The summed E-state index contributed by atoms with van der Waals surface area (Å²) in [5.41, 5.74) is 0. The maximum absolute atomic E-state index is 11.3. The van der Waals surface area contributed by atoms with E-state index in [9.17, 15) is 14.9 Å². The minimum absolute atomic E-state index is 0.0335. The van der Waals surface area contributed by atoms with Crippen LogP contribution < -0.4 is 5.32 Å². The van der Waals surface area contributed by atoms with E-state index in [0.29, 0.717) is 18.6 Å². The Morgan fingerprint density at radius 3 is 2.62 bits per heavy atom. The molecule has 0 saturated heterocycles. The summed E-state index contributed by atoms with van der Waals surface area (Å²) in [5, 5.41) is 12.3. The maximum Gasteiger partial charge on any atom is 0.294 e. The van der Waals surface area contributed by atoms with Gasteiger partial charge in [0.15, 0.2) is 0 Å². The van der Waals surface area contributed by atoms with Crippen molar-refractivity contribution in [2.75, 3.05) is 12.0 Å². The largest absolute Gasteiger partial charge is 0.353 e. The molecular weight excluding hydrogens is 232 g/mol. The minimum atomic E-state index is -0.739. The van der Waals surface area contributed by atoms with Crippen LogP contribution in [0.15, 0.2) is 0 Å². The molecule has 1 fully saturated rings. The van der Waals surface area contributed by atoms with Gasteiger partial charge in [-0.25, -0.2) is 0 Å². The van der Waals surface area contributed by atoms with Crippen LogP contribution in [0.4, 0.5) is 0 Å². The highest BCUT2D eigenvalue weighted by Gasteiger charge is 2.24. The molecule has 6 nitrogen and oxygen atoms in total. The van der Waals surface area contributed by atoms with Crippen molar-refractivity contribution in [1.82, 2.24) is 5.32 Å². The van der Waals surface area contributed by atoms with E-state index in [-0.39, 0.29) is 18.1 Å². The quantitative estimate of drug-likeness (QED) is 0.579. The van der Waals surface area contributed by atoms with Gasteiger partial charge in [-0.3, -0.25) is 4.79 Å². The number of nitrogens with one attached hydrogen (secondary N) is 1. The lowest BCUT2D eigenvalue weighted by atomic mass is 9.93. The summed E-state index contributed by atoms with van der Waals surface area (Å²) in [6, 6.07) is 0.145. The fourth-order valence-electron chi connectivity index (χ4n) is 1.83. The number of hydrogen-bond donors (Lipinski definition) is 1. The second kappa shape index (κ2) is 6.57. The third-order valence-electron chi connectivity index (χ3n) is 2.55. The SMILES string of the molecule is CSCC(=O)NC1CCC(O[N+](=O)[O-])CC1. The lowest BCUT2D eigenvalue weighted by molar-refractivity contribution is -0.769. The Morgan fingerprint density at radius 1 is 1.50 bits per heavy atom. The number of hydrogen-bond acceptors (Lipinski definition) is 5. The van der Waals surface area contributed by atoms with Crippen LogP contribution in [0.25, 0.3) is 0 Å². The normalized spacial score (nSPS) is 24.8. The molecule has 1 rings (SSSR count). The van der Waals surface area contributed by atoms with Crippen LogP contribution in [0, 0.1) is 10.1 Å². The summed E-state index contributed by atoms with van der Waals surface area (Å²) in [6.45, 7) is 0. The van der Waals surface area contributed by atoms with Crippen LogP contribution in [0.5, 0.6) is 0 Å². The first-order valence-electron chi connectivity index (χ1n) is 5.21. The molecule has 92 valence electrons. The molecule has 0 aromatic heterocycles. The smallest absolute Gasteiger partial charge is 0.294 e. The summed E-state index contributed by atoms with van der Waals surface area (Å²) in [4.78, 5) is 25.9. The van der Waals surface area contributed by atoms with Crippen molar-refractivity contribution in [3.05, 3.63) is 10.1 Å². The van der Waals surface area contributed by atoms with Gasteiger partial charge in [0.05, 0.1) is 5.75 Å². The van der Waals surface area contributed by atoms with Gasteiger partial charge < -0.3 is 10.2 Å². The van der Waals surface area contributed by atoms with Gasteiger partial charge in [0.2, 0.25) is 5.91 Å². The van der Waals surface area contributed by atoms with Crippen molar-refractivity contribution < 1.29 is 14.7 Å². The Kier molecular flexibility index (Phi) is 5.37. The second-order valence-corrected chi connectivity index (χ2v) is 4.67. The molecule has 16 heavy (non-hydrogen) atoms. The topological polar surface area (TPSA) is 81.5 Å². The monoisotopic (exact) mass is 248 g/mol. The summed E-state index contributed by atoms with van der Waals surface area (Å²) >= 11 is 1.48. The van der Waals surface area contributed by atoms with Crippen molar-refractivity contribution >= 4 is 17.7 Å². The predicted octanol–water partition coefficient (Wildman–Crippen LogP) is 0.985. The van der Waals surface area contributed by atoms with E-state index in [1.165, 1.54) is 11.8 Å². The molecule has 1 saturated carbocycles. The van der Waals surface area contributed by atoms with Crippen molar-refractivity contribution in [2.45, 2.75) is 37.8 Å². The molecule has 1 aliphatic rings. The van der Waals surface area contributed by atoms with Crippen LogP contribution in [-0.2, 0) is 9.63 Å². The van der Waals surface area contributed by atoms with E-state index < -0.39 is 5.09 Å². The molecule has 0 heterocycles. The van der Waals surface area contributed by atoms with Gasteiger partial charge in [0.25, 0.3) is 5.09 Å². The average Bonchev–Trinajstić information content (AvgIpc) is 2.20. The molecule has 0 bridgehead atoms. The first kappa shape index (κ1) is 13.1. The van der Waals surface area contributed by atoms with Gasteiger partial charge in [0, 0.05) is 6.04 Å². The number of rotatable bonds is 5. The van der Waals surface area contributed by atoms with Gasteiger partial charge in [-0.05, 0) is 31.9 Å². The van der Waals surface area contributed by atoms with Crippen LogP contribution in [0.2, 0.25) is 0 Å². The summed E-state index contributed by atoms with van der Waals surface area (Å²) in [5.74, 6) is 0.497. The summed E-state index contributed by atoms with van der Waals surface area (Å²) in [6.07, 6.45) is 4.33. The zero-order valence-corrected chi connectivity index (χ0v) is 10.00. The maximum atomic E-state index is 11.3. The van der Waals surface area contributed by atoms with Gasteiger partial charge >= 0.3 is 0 Å². The highest BCUT2D eigenvalue weighted by atomic mass is 32.2. The van der Waals surface area contributed by atoms with Crippen molar-refractivity contribution in [2.24, 2.45) is 0 Å². The van der Waals surface area contributed by atoms with E-state index in [2.05, 4.69) is 10.2 Å². The van der Waals surface area contributed by atoms with E-state index in [4.69, 9.17) is 0 Å². The molecule has 0 radical (unpaired) electrons. The van der Waals surface area contributed by atoms with Crippen molar-refractivity contribution in [3.8, 4) is 0 Å². The minimum Gasteiger partial charge on any atom is -0.353 e. The Labute approximate surface area is 98.2 Å².